The van der Waals surface area contributed by atoms with E-state index < -0.39 is 5.91 Å². The van der Waals surface area contributed by atoms with Crippen molar-refractivity contribution in [3.8, 4) is 11.8 Å². The van der Waals surface area contributed by atoms with Crippen molar-refractivity contribution < 1.29 is 13.9 Å². The van der Waals surface area contributed by atoms with E-state index in [2.05, 4.69) is 27.9 Å². The van der Waals surface area contributed by atoms with E-state index in [1.165, 1.54) is 18.2 Å². The van der Waals surface area contributed by atoms with Gasteiger partial charge in [0.1, 0.15) is 23.2 Å². The number of para-hydroxylation sites is 1. The first-order chi connectivity index (χ1) is 15.0. The third kappa shape index (κ3) is 6.15. The Morgan fingerprint density at radius 3 is 2.61 bits per heavy atom. The van der Waals surface area contributed by atoms with Gasteiger partial charge in [-0.05, 0) is 83.1 Å². The topological polar surface area (TPSA) is 62.1 Å². The lowest BCUT2D eigenvalue weighted by Gasteiger charge is -2.14. The number of rotatable bonds is 7. The third-order valence-electron chi connectivity index (χ3n) is 4.45. The Hall–Kier alpha value is -3.18. The molecule has 4 nitrogen and oxygen atoms in total. The lowest BCUT2D eigenvalue weighted by molar-refractivity contribution is -0.112. The van der Waals surface area contributed by atoms with Gasteiger partial charge in [0.15, 0.2) is 0 Å². The summed E-state index contributed by atoms with van der Waals surface area (Å²) in [6, 6.07) is 21.1. The second kappa shape index (κ2) is 10.7. The summed E-state index contributed by atoms with van der Waals surface area (Å²) in [5, 5.41) is 12.2. The molecule has 3 aromatic rings. The SMILES string of the molecule is CCOc1cc(/C=C(\C#N)C(=O)Nc2ccccc2)cc(I)c1Cc1cccc(F)c1. The van der Waals surface area contributed by atoms with E-state index in [1.54, 1.807) is 36.4 Å². The fourth-order valence-electron chi connectivity index (χ4n) is 3.06. The molecule has 0 spiro atoms. The second-order valence-electron chi connectivity index (χ2n) is 6.71. The van der Waals surface area contributed by atoms with Crippen LogP contribution in [0.25, 0.3) is 6.08 Å². The van der Waals surface area contributed by atoms with E-state index in [1.807, 2.05) is 31.2 Å². The first kappa shape index (κ1) is 22.5. The maximum absolute atomic E-state index is 13.6. The zero-order chi connectivity index (χ0) is 22.2. The number of hydrogen-bond acceptors (Lipinski definition) is 3. The van der Waals surface area contributed by atoms with Gasteiger partial charge < -0.3 is 10.1 Å². The van der Waals surface area contributed by atoms with Crippen molar-refractivity contribution >= 4 is 40.3 Å². The Balaban J connectivity index is 1.91. The molecule has 0 fully saturated rings. The number of halogens is 2. The van der Waals surface area contributed by atoms with Crippen LogP contribution >= 0.6 is 22.6 Å². The molecule has 0 saturated heterocycles. The summed E-state index contributed by atoms with van der Waals surface area (Å²) in [4.78, 5) is 12.5. The summed E-state index contributed by atoms with van der Waals surface area (Å²) in [5.74, 6) is -0.121. The van der Waals surface area contributed by atoms with Crippen molar-refractivity contribution in [2.45, 2.75) is 13.3 Å². The molecule has 0 aliphatic carbocycles. The number of anilines is 1. The lowest BCUT2D eigenvalue weighted by Crippen LogP contribution is -2.13. The normalized spacial score (nSPS) is 11.0. The largest absolute Gasteiger partial charge is 0.494 e. The smallest absolute Gasteiger partial charge is 0.266 e. The molecule has 156 valence electrons. The van der Waals surface area contributed by atoms with Crippen LogP contribution in [-0.4, -0.2) is 12.5 Å². The number of nitrogens with zero attached hydrogens (tertiary/aromatic N) is 1. The number of hydrogen-bond donors (Lipinski definition) is 1. The molecular weight excluding hydrogens is 506 g/mol. The van der Waals surface area contributed by atoms with Crippen LogP contribution in [0.15, 0.2) is 72.3 Å². The highest BCUT2D eigenvalue weighted by molar-refractivity contribution is 14.1. The van der Waals surface area contributed by atoms with Gasteiger partial charge in [-0.2, -0.15) is 5.26 Å². The molecule has 0 aliphatic rings. The third-order valence-corrected chi connectivity index (χ3v) is 5.42. The molecule has 0 unspecified atom stereocenters. The highest BCUT2D eigenvalue weighted by atomic mass is 127. The van der Waals surface area contributed by atoms with E-state index in [4.69, 9.17) is 4.74 Å². The quantitative estimate of drug-likeness (QED) is 0.235. The number of carbonyl (C=O) groups is 1. The molecule has 0 atom stereocenters. The average molecular weight is 526 g/mol. The molecule has 0 aliphatic heterocycles. The molecule has 0 heterocycles. The van der Waals surface area contributed by atoms with Gasteiger partial charge in [0.25, 0.3) is 5.91 Å². The second-order valence-corrected chi connectivity index (χ2v) is 7.87. The summed E-state index contributed by atoms with van der Waals surface area (Å²) < 4.78 is 20.3. The molecule has 6 heteroatoms. The van der Waals surface area contributed by atoms with Gasteiger partial charge in [-0.15, -0.1) is 0 Å². The average Bonchev–Trinajstić information content (AvgIpc) is 2.75. The Morgan fingerprint density at radius 1 is 1.16 bits per heavy atom. The van der Waals surface area contributed by atoms with Crippen LogP contribution in [0.2, 0.25) is 0 Å². The number of nitrogens with one attached hydrogen (secondary N) is 1. The van der Waals surface area contributed by atoms with E-state index in [0.717, 1.165) is 14.7 Å². The summed E-state index contributed by atoms with van der Waals surface area (Å²) in [5.41, 5.74) is 3.04. The molecular formula is C25H20FIN2O2. The molecule has 1 amide bonds. The highest BCUT2D eigenvalue weighted by Gasteiger charge is 2.14. The first-order valence-electron chi connectivity index (χ1n) is 9.68. The highest BCUT2D eigenvalue weighted by Crippen LogP contribution is 2.30. The van der Waals surface area contributed by atoms with E-state index in [0.29, 0.717) is 30.0 Å². The van der Waals surface area contributed by atoms with Gasteiger partial charge in [-0.1, -0.05) is 30.3 Å². The summed E-state index contributed by atoms with van der Waals surface area (Å²) in [6.07, 6.45) is 2.05. The van der Waals surface area contributed by atoms with E-state index >= 15 is 0 Å². The van der Waals surface area contributed by atoms with Crippen LogP contribution in [0.4, 0.5) is 10.1 Å². The monoisotopic (exact) mass is 526 g/mol. The van der Waals surface area contributed by atoms with Crippen molar-refractivity contribution in [2.24, 2.45) is 0 Å². The lowest BCUT2D eigenvalue weighted by atomic mass is 10.0. The van der Waals surface area contributed by atoms with Crippen LogP contribution in [0.5, 0.6) is 5.75 Å². The number of ether oxygens (including phenoxy) is 1. The van der Waals surface area contributed by atoms with Crippen LogP contribution in [0.1, 0.15) is 23.6 Å². The summed E-state index contributed by atoms with van der Waals surface area (Å²) >= 11 is 2.20. The number of carbonyl (C=O) groups excluding carboxylic acids is 1. The van der Waals surface area contributed by atoms with Crippen LogP contribution < -0.4 is 10.1 Å². The zero-order valence-electron chi connectivity index (χ0n) is 16.9. The number of benzene rings is 3. The maximum Gasteiger partial charge on any atom is 0.266 e. The maximum atomic E-state index is 13.6. The number of amides is 1. The van der Waals surface area contributed by atoms with Crippen molar-refractivity contribution in [1.82, 2.24) is 0 Å². The minimum atomic E-state index is -0.481. The Morgan fingerprint density at radius 2 is 1.94 bits per heavy atom. The van der Waals surface area contributed by atoms with Crippen molar-refractivity contribution in [2.75, 3.05) is 11.9 Å². The van der Waals surface area contributed by atoms with Gasteiger partial charge in [0.05, 0.1) is 6.61 Å². The predicted molar refractivity (Wildman–Crippen MR) is 128 cm³/mol. The van der Waals surface area contributed by atoms with Gasteiger partial charge in [0, 0.05) is 21.2 Å². The zero-order valence-corrected chi connectivity index (χ0v) is 19.0. The summed E-state index contributed by atoms with van der Waals surface area (Å²) in [7, 11) is 0. The Bertz CT molecular complexity index is 1150. The minimum absolute atomic E-state index is 0.0139. The molecule has 0 saturated carbocycles. The van der Waals surface area contributed by atoms with Crippen molar-refractivity contribution in [3.05, 3.63) is 98.4 Å². The van der Waals surface area contributed by atoms with E-state index in [9.17, 15) is 14.4 Å². The predicted octanol–water partition coefficient (Wildman–Crippen LogP) is 5.97. The minimum Gasteiger partial charge on any atom is -0.494 e. The molecule has 3 aromatic carbocycles. The molecule has 1 N–H and O–H groups in total. The van der Waals surface area contributed by atoms with E-state index in [-0.39, 0.29) is 11.4 Å². The Labute approximate surface area is 194 Å². The van der Waals surface area contributed by atoms with Gasteiger partial charge >= 0.3 is 0 Å². The van der Waals surface area contributed by atoms with Crippen LogP contribution in [-0.2, 0) is 11.2 Å². The fraction of sp³-hybridized carbons (Fsp3) is 0.120. The van der Waals surface area contributed by atoms with Gasteiger partial charge in [-0.3, -0.25) is 4.79 Å². The first-order valence-corrected chi connectivity index (χ1v) is 10.8. The van der Waals surface area contributed by atoms with Crippen LogP contribution in [0.3, 0.4) is 0 Å². The summed E-state index contributed by atoms with van der Waals surface area (Å²) in [6.45, 7) is 2.34. The van der Waals surface area contributed by atoms with Gasteiger partial charge in [-0.25, -0.2) is 4.39 Å². The van der Waals surface area contributed by atoms with Crippen LogP contribution in [0, 0.1) is 20.7 Å². The standard InChI is InChI=1S/C25H20FIN2O2/c1-2-31-24-15-18(11-19(16-28)25(30)29-21-9-4-3-5-10-21)14-23(27)22(24)13-17-7-6-8-20(26)12-17/h3-12,14-15H,2,13H2,1H3,(H,29,30)/b19-11+. The molecule has 31 heavy (non-hydrogen) atoms. The molecule has 0 bridgehead atoms. The fourth-order valence-corrected chi connectivity index (χ4v) is 3.87. The van der Waals surface area contributed by atoms with Crippen molar-refractivity contribution in [3.63, 3.8) is 0 Å². The van der Waals surface area contributed by atoms with Crippen molar-refractivity contribution in [1.29, 1.82) is 5.26 Å². The Kier molecular flexibility index (Phi) is 7.79. The molecule has 0 aromatic heterocycles. The molecule has 0 radical (unpaired) electrons. The van der Waals surface area contributed by atoms with Gasteiger partial charge in [0.2, 0.25) is 0 Å². The number of nitriles is 1. The molecule has 3 rings (SSSR count).